The SMILES string of the molecule is CC(=O)c1cc(/C=C/N(C)C)c([N+](=O)[O-])cn1. The van der Waals surface area contributed by atoms with Crippen molar-refractivity contribution >= 4 is 17.5 Å². The van der Waals surface area contributed by atoms with Gasteiger partial charge in [-0.15, -0.1) is 0 Å². The van der Waals surface area contributed by atoms with E-state index in [1.54, 1.807) is 31.3 Å². The van der Waals surface area contributed by atoms with Gasteiger partial charge >= 0.3 is 0 Å². The second-order valence-corrected chi connectivity index (χ2v) is 3.72. The fraction of sp³-hybridized carbons (Fsp3) is 0.273. The molecule has 0 amide bonds. The zero-order valence-electron chi connectivity index (χ0n) is 9.88. The maximum Gasteiger partial charge on any atom is 0.294 e. The molecule has 0 fully saturated rings. The molecule has 1 rings (SSSR count). The number of carbonyl (C=O) groups is 1. The minimum Gasteiger partial charge on any atom is -0.383 e. The van der Waals surface area contributed by atoms with Gasteiger partial charge in [0.05, 0.1) is 10.5 Å². The van der Waals surface area contributed by atoms with Gasteiger partial charge in [0.1, 0.15) is 11.9 Å². The molecule has 6 nitrogen and oxygen atoms in total. The van der Waals surface area contributed by atoms with Crippen LogP contribution in [0.1, 0.15) is 23.0 Å². The smallest absolute Gasteiger partial charge is 0.294 e. The Morgan fingerprint density at radius 3 is 2.65 bits per heavy atom. The molecule has 0 saturated heterocycles. The maximum atomic E-state index is 11.2. The number of nitrogens with zero attached hydrogens (tertiary/aromatic N) is 3. The van der Waals surface area contributed by atoms with Gasteiger partial charge in [0.15, 0.2) is 5.78 Å². The lowest BCUT2D eigenvalue weighted by atomic mass is 10.1. The van der Waals surface area contributed by atoms with Crippen LogP contribution in [0.3, 0.4) is 0 Å². The molecular weight excluding hydrogens is 222 g/mol. The van der Waals surface area contributed by atoms with Crippen LogP contribution in [0.4, 0.5) is 5.69 Å². The van der Waals surface area contributed by atoms with Crippen LogP contribution in [-0.4, -0.2) is 34.7 Å². The Hall–Kier alpha value is -2.24. The Kier molecular flexibility index (Phi) is 3.92. The fourth-order valence-corrected chi connectivity index (χ4v) is 1.17. The average Bonchev–Trinajstić information content (AvgIpc) is 2.25. The Bertz CT molecular complexity index is 481. The van der Waals surface area contributed by atoms with Gasteiger partial charge in [-0.2, -0.15) is 0 Å². The summed E-state index contributed by atoms with van der Waals surface area (Å²) in [5.41, 5.74) is 0.464. The number of carbonyl (C=O) groups excluding carboxylic acids is 1. The molecule has 0 aliphatic heterocycles. The minimum absolute atomic E-state index is 0.117. The van der Waals surface area contributed by atoms with Gasteiger partial charge in [0, 0.05) is 21.0 Å². The first-order chi connectivity index (χ1) is 7.91. The maximum absolute atomic E-state index is 11.2. The topological polar surface area (TPSA) is 76.3 Å². The van der Waals surface area contributed by atoms with Crippen LogP contribution in [0, 0.1) is 10.1 Å². The Labute approximate surface area is 98.7 Å². The van der Waals surface area contributed by atoms with Crippen LogP contribution in [0.15, 0.2) is 18.5 Å². The van der Waals surface area contributed by atoms with E-state index >= 15 is 0 Å². The second kappa shape index (κ2) is 5.20. The third kappa shape index (κ3) is 3.37. The highest BCUT2D eigenvalue weighted by atomic mass is 16.6. The molecule has 0 aromatic carbocycles. The van der Waals surface area contributed by atoms with Crippen LogP contribution >= 0.6 is 0 Å². The Balaban J connectivity index is 3.25. The first kappa shape index (κ1) is 12.8. The molecular formula is C11H13N3O3. The highest BCUT2D eigenvalue weighted by molar-refractivity contribution is 5.93. The van der Waals surface area contributed by atoms with Gasteiger partial charge in [-0.1, -0.05) is 0 Å². The summed E-state index contributed by atoms with van der Waals surface area (Å²) >= 11 is 0. The number of aromatic nitrogens is 1. The van der Waals surface area contributed by atoms with Crippen molar-refractivity contribution in [1.82, 2.24) is 9.88 Å². The number of ketones is 1. The van der Waals surface area contributed by atoms with E-state index in [0.29, 0.717) is 5.56 Å². The fourth-order valence-electron chi connectivity index (χ4n) is 1.17. The van der Waals surface area contributed by atoms with E-state index in [0.717, 1.165) is 6.20 Å². The van der Waals surface area contributed by atoms with E-state index in [2.05, 4.69) is 4.98 Å². The van der Waals surface area contributed by atoms with Gasteiger partial charge in [0.25, 0.3) is 5.69 Å². The van der Waals surface area contributed by atoms with Crippen molar-refractivity contribution in [3.63, 3.8) is 0 Å². The van der Waals surface area contributed by atoms with Crippen molar-refractivity contribution in [2.45, 2.75) is 6.92 Å². The number of hydrogen-bond acceptors (Lipinski definition) is 5. The van der Waals surface area contributed by atoms with Gasteiger partial charge < -0.3 is 4.90 Å². The molecule has 6 heteroatoms. The predicted molar refractivity (Wildman–Crippen MR) is 63.6 cm³/mol. The molecule has 1 aromatic heterocycles. The molecule has 0 N–H and O–H groups in total. The number of nitro groups is 1. The van der Waals surface area contributed by atoms with Crippen molar-refractivity contribution in [3.8, 4) is 0 Å². The summed E-state index contributed by atoms with van der Waals surface area (Å²) in [6.45, 7) is 1.37. The third-order valence-electron chi connectivity index (χ3n) is 2.02. The lowest BCUT2D eigenvalue weighted by Gasteiger charge is -2.04. The summed E-state index contributed by atoms with van der Waals surface area (Å²) in [4.78, 5) is 26.9. The van der Waals surface area contributed by atoms with Crippen LogP contribution in [0.25, 0.3) is 6.08 Å². The van der Waals surface area contributed by atoms with Gasteiger partial charge in [-0.25, -0.2) is 4.98 Å². The summed E-state index contributed by atoms with van der Waals surface area (Å²) in [7, 11) is 3.60. The van der Waals surface area contributed by atoms with Crippen molar-refractivity contribution in [3.05, 3.63) is 39.8 Å². The van der Waals surface area contributed by atoms with E-state index in [-0.39, 0.29) is 17.2 Å². The number of hydrogen-bond donors (Lipinski definition) is 0. The van der Waals surface area contributed by atoms with E-state index in [1.165, 1.54) is 13.0 Å². The molecule has 1 aromatic rings. The average molecular weight is 235 g/mol. The molecule has 0 atom stereocenters. The van der Waals surface area contributed by atoms with Crippen molar-refractivity contribution < 1.29 is 9.72 Å². The molecule has 0 aliphatic carbocycles. The largest absolute Gasteiger partial charge is 0.383 e. The highest BCUT2D eigenvalue weighted by Gasteiger charge is 2.14. The molecule has 0 radical (unpaired) electrons. The van der Waals surface area contributed by atoms with E-state index in [9.17, 15) is 14.9 Å². The molecule has 1 heterocycles. The molecule has 0 bridgehead atoms. The molecule has 0 saturated carbocycles. The van der Waals surface area contributed by atoms with Crippen LogP contribution in [0.2, 0.25) is 0 Å². The van der Waals surface area contributed by atoms with Crippen molar-refractivity contribution in [2.24, 2.45) is 0 Å². The second-order valence-electron chi connectivity index (χ2n) is 3.72. The summed E-state index contributed by atoms with van der Waals surface area (Å²) < 4.78 is 0. The zero-order chi connectivity index (χ0) is 13.0. The highest BCUT2D eigenvalue weighted by Crippen LogP contribution is 2.19. The first-order valence-corrected chi connectivity index (χ1v) is 4.92. The summed E-state index contributed by atoms with van der Waals surface area (Å²) in [5.74, 6) is -0.223. The lowest BCUT2D eigenvalue weighted by molar-refractivity contribution is -0.385. The Morgan fingerprint density at radius 1 is 1.53 bits per heavy atom. The van der Waals surface area contributed by atoms with Gasteiger partial charge in [-0.3, -0.25) is 14.9 Å². The predicted octanol–water partition coefficient (Wildman–Crippen LogP) is 1.72. The molecule has 0 spiro atoms. The van der Waals surface area contributed by atoms with Crippen LogP contribution < -0.4 is 0 Å². The zero-order valence-corrected chi connectivity index (χ0v) is 9.88. The molecule has 90 valence electrons. The van der Waals surface area contributed by atoms with E-state index in [1.807, 2.05) is 0 Å². The van der Waals surface area contributed by atoms with Crippen molar-refractivity contribution in [2.75, 3.05) is 14.1 Å². The normalized spacial score (nSPS) is 10.5. The van der Waals surface area contributed by atoms with Gasteiger partial charge in [0.2, 0.25) is 0 Å². The minimum atomic E-state index is -0.522. The number of pyridine rings is 1. The molecule has 0 aliphatic rings. The monoisotopic (exact) mass is 235 g/mol. The lowest BCUT2D eigenvalue weighted by Crippen LogP contribution is -2.02. The summed E-state index contributed by atoms with van der Waals surface area (Å²) in [6, 6.07) is 1.42. The molecule has 17 heavy (non-hydrogen) atoms. The quantitative estimate of drug-likeness (QED) is 0.451. The Morgan fingerprint density at radius 2 is 2.18 bits per heavy atom. The van der Waals surface area contributed by atoms with E-state index < -0.39 is 4.92 Å². The van der Waals surface area contributed by atoms with Gasteiger partial charge in [-0.05, 0) is 18.3 Å². The first-order valence-electron chi connectivity index (χ1n) is 4.92. The summed E-state index contributed by atoms with van der Waals surface area (Å²) in [5, 5.41) is 10.8. The van der Waals surface area contributed by atoms with Crippen molar-refractivity contribution in [1.29, 1.82) is 0 Å². The third-order valence-corrected chi connectivity index (χ3v) is 2.02. The number of Topliss-reactive ketones (excluding diaryl/α,β-unsaturated/α-hetero) is 1. The van der Waals surface area contributed by atoms with Crippen LogP contribution in [0.5, 0.6) is 0 Å². The van der Waals surface area contributed by atoms with E-state index in [4.69, 9.17) is 0 Å². The summed E-state index contributed by atoms with van der Waals surface area (Å²) in [6.07, 6.45) is 4.35. The standard InChI is InChI=1S/C11H13N3O3/c1-8(15)10-6-9(4-5-13(2)3)11(7-12-10)14(16)17/h4-7H,1-3H3/b5-4+. The number of rotatable bonds is 4. The molecule has 0 unspecified atom stereocenters. The van der Waals surface area contributed by atoms with Crippen LogP contribution in [-0.2, 0) is 0 Å².